The molecule has 0 amide bonds. The minimum atomic E-state index is 0.702. The molecular formula is C18H22N2OS. The predicted octanol–water partition coefficient (Wildman–Crippen LogP) is 3.51. The number of ether oxygens (including phenoxy) is 1. The average molecular weight is 314 g/mol. The second-order valence-electron chi connectivity index (χ2n) is 4.96. The molecule has 0 aliphatic carbocycles. The van der Waals surface area contributed by atoms with Crippen LogP contribution < -0.4 is 15.4 Å². The van der Waals surface area contributed by atoms with Crippen molar-refractivity contribution in [1.82, 2.24) is 10.6 Å². The number of hydrogen-bond acceptors (Lipinski definition) is 2. The van der Waals surface area contributed by atoms with E-state index in [1.165, 1.54) is 5.56 Å². The zero-order chi connectivity index (χ0) is 15.5. The predicted molar refractivity (Wildman–Crippen MR) is 95.1 cm³/mol. The summed E-state index contributed by atoms with van der Waals surface area (Å²) in [5, 5.41) is 7.12. The van der Waals surface area contributed by atoms with Crippen LogP contribution in [0.4, 0.5) is 0 Å². The normalized spacial score (nSPS) is 10.0. The maximum absolute atomic E-state index is 5.64. The molecular weight excluding hydrogens is 292 g/mol. The van der Waals surface area contributed by atoms with Crippen LogP contribution in [0, 0.1) is 0 Å². The average Bonchev–Trinajstić information content (AvgIpc) is 2.58. The van der Waals surface area contributed by atoms with Crippen molar-refractivity contribution < 1.29 is 4.74 Å². The summed E-state index contributed by atoms with van der Waals surface area (Å²) in [7, 11) is 0. The molecule has 0 spiro atoms. The van der Waals surface area contributed by atoms with Crippen molar-refractivity contribution in [3.63, 3.8) is 0 Å². The van der Waals surface area contributed by atoms with Gasteiger partial charge in [-0.2, -0.15) is 0 Å². The van der Waals surface area contributed by atoms with Crippen LogP contribution in [0.25, 0.3) is 0 Å². The molecule has 0 heterocycles. The van der Waals surface area contributed by atoms with E-state index in [-0.39, 0.29) is 0 Å². The lowest BCUT2D eigenvalue weighted by molar-refractivity contribution is 0.307. The van der Waals surface area contributed by atoms with E-state index in [1.54, 1.807) is 0 Å². The molecule has 0 aliphatic heterocycles. The molecule has 0 fully saturated rings. The van der Waals surface area contributed by atoms with Crippen LogP contribution in [0.5, 0.6) is 5.75 Å². The number of benzene rings is 2. The van der Waals surface area contributed by atoms with Crippen LogP contribution in [0.2, 0.25) is 0 Å². The lowest BCUT2D eigenvalue weighted by Crippen LogP contribution is -2.35. The maximum Gasteiger partial charge on any atom is 0.166 e. The fourth-order valence-corrected chi connectivity index (χ4v) is 2.15. The smallest absolute Gasteiger partial charge is 0.166 e. The second-order valence-corrected chi connectivity index (χ2v) is 5.37. The van der Waals surface area contributed by atoms with E-state index in [9.17, 15) is 0 Å². The highest BCUT2D eigenvalue weighted by molar-refractivity contribution is 7.80. The van der Waals surface area contributed by atoms with Gasteiger partial charge in [0.05, 0.1) is 6.61 Å². The van der Waals surface area contributed by atoms with Gasteiger partial charge >= 0.3 is 0 Å². The van der Waals surface area contributed by atoms with Gasteiger partial charge in [0.1, 0.15) is 5.75 Å². The molecule has 0 atom stereocenters. The summed E-state index contributed by atoms with van der Waals surface area (Å²) in [6.07, 6.45) is 2.03. The Hall–Kier alpha value is -2.07. The number of rotatable bonds is 8. The molecule has 116 valence electrons. The summed E-state index contributed by atoms with van der Waals surface area (Å²) in [6, 6.07) is 20.1. The fraction of sp³-hybridized carbons (Fsp3) is 0.278. The summed E-state index contributed by atoms with van der Waals surface area (Å²) in [4.78, 5) is 0. The lowest BCUT2D eigenvalue weighted by atomic mass is 10.2. The highest BCUT2D eigenvalue weighted by atomic mass is 32.1. The molecule has 0 saturated heterocycles. The van der Waals surface area contributed by atoms with E-state index >= 15 is 0 Å². The van der Waals surface area contributed by atoms with Crippen molar-refractivity contribution >= 4 is 17.3 Å². The molecule has 0 aromatic heterocycles. The van der Waals surface area contributed by atoms with Crippen LogP contribution in [0.1, 0.15) is 18.4 Å². The van der Waals surface area contributed by atoms with Crippen LogP contribution in [-0.2, 0) is 6.54 Å². The first-order valence-corrected chi connectivity index (χ1v) is 7.99. The monoisotopic (exact) mass is 314 g/mol. The third-order valence-electron chi connectivity index (χ3n) is 3.16. The first-order valence-electron chi connectivity index (χ1n) is 7.58. The molecule has 0 radical (unpaired) electrons. The van der Waals surface area contributed by atoms with Gasteiger partial charge in [-0.15, -0.1) is 0 Å². The Morgan fingerprint density at radius 1 is 0.864 bits per heavy atom. The van der Waals surface area contributed by atoms with E-state index in [0.29, 0.717) is 5.11 Å². The molecule has 3 nitrogen and oxygen atoms in total. The molecule has 2 N–H and O–H groups in total. The number of nitrogens with one attached hydrogen (secondary N) is 2. The number of unbranched alkanes of at least 4 members (excludes halogenated alkanes) is 1. The van der Waals surface area contributed by atoms with Crippen LogP contribution >= 0.6 is 12.2 Å². The zero-order valence-electron chi connectivity index (χ0n) is 12.6. The van der Waals surface area contributed by atoms with Gasteiger partial charge in [0.2, 0.25) is 0 Å². The summed E-state index contributed by atoms with van der Waals surface area (Å²) in [6.45, 7) is 2.35. The Bertz CT molecular complexity index is 546. The Kier molecular flexibility index (Phi) is 7.26. The van der Waals surface area contributed by atoms with Gasteiger partial charge in [0.25, 0.3) is 0 Å². The lowest BCUT2D eigenvalue weighted by Gasteiger charge is -2.10. The maximum atomic E-state index is 5.64. The first-order chi connectivity index (χ1) is 10.8. The van der Waals surface area contributed by atoms with Gasteiger partial charge < -0.3 is 15.4 Å². The standard InChI is InChI=1S/C18H22N2OS/c22-18(20-15-16-9-3-1-4-10-16)19-13-7-8-14-21-17-11-5-2-6-12-17/h1-6,9-12H,7-8,13-15H2,(H2,19,20,22). The van der Waals surface area contributed by atoms with Gasteiger partial charge in [-0.25, -0.2) is 0 Å². The molecule has 2 aromatic rings. The zero-order valence-corrected chi connectivity index (χ0v) is 13.4. The Morgan fingerprint density at radius 3 is 2.27 bits per heavy atom. The molecule has 0 saturated carbocycles. The van der Waals surface area contributed by atoms with Gasteiger partial charge in [-0.3, -0.25) is 0 Å². The van der Waals surface area contributed by atoms with Crippen LogP contribution in [0.15, 0.2) is 60.7 Å². The fourth-order valence-electron chi connectivity index (χ4n) is 1.98. The third kappa shape index (κ3) is 6.59. The largest absolute Gasteiger partial charge is 0.494 e. The Labute approximate surface area is 137 Å². The topological polar surface area (TPSA) is 33.3 Å². The quantitative estimate of drug-likeness (QED) is 0.577. The van der Waals surface area contributed by atoms with Crippen molar-refractivity contribution in [1.29, 1.82) is 0 Å². The third-order valence-corrected chi connectivity index (χ3v) is 3.45. The van der Waals surface area contributed by atoms with E-state index < -0.39 is 0 Å². The van der Waals surface area contributed by atoms with Gasteiger partial charge in [0, 0.05) is 13.1 Å². The van der Waals surface area contributed by atoms with Crippen LogP contribution in [0.3, 0.4) is 0 Å². The molecule has 0 aliphatic rings. The summed E-state index contributed by atoms with van der Waals surface area (Å²) in [5.74, 6) is 0.926. The molecule has 0 unspecified atom stereocenters. The highest BCUT2D eigenvalue weighted by Gasteiger charge is 1.96. The first kappa shape index (κ1) is 16.3. The summed E-state index contributed by atoms with van der Waals surface area (Å²) in [5.41, 5.74) is 1.22. The number of thiocarbonyl (C=S) groups is 1. The second kappa shape index (κ2) is 9.79. The molecule has 0 bridgehead atoms. The van der Waals surface area contributed by atoms with Gasteiger partial charge in [0.15, 0.2) is 5.11 Å². The van der Waals surface area contributed by atoms with E-state index in [4.69, 9.17) is 17.0 Å². The van der Waals surface area contributed by atoms with Gasteiger partial charge in [-0.05, 0) is 42.8 Å². The van der Waals surface area contributed by atoms with E-state index in [1.807, 2.05) is 48.5 Å². The van der Waals surface area contributed by atoms with Crippen molar-refractivity contribution in [3.05, 3.63) is 66.2 Å². The highest BCUT2D eigenvalue weighted by Crippen LogP contribution is 2.08. The summed E-state index contributed by atoms with van der Waals surface area (Å²) < 4.78 is 5.64. The van der Waals surface area contributed by atoms with Crippen molar-refractivity contribution in [2.75, 3.05) is 13.2 Å². The number of para-hydroxylation sites is 1. The van der Waals surface area contributed by atoms with E-state index in [0.717, 1.165) is 38.3 Å². The molecule has 2 rings (SSSR count). The van der Waals surface area contributed by atoms with Crippen molar-refractivity contribution in [2.45, 2.75) is 19.4 Å². The van der Waals surface area contributed by atoms with Crippen LogP contribution in [-0.4, -0.2) is 18.3 Å². The van der Waals surface area contributed by atoms with Crippen molar-refractivity contribution in [3.8, 4) is 5.75 Å². The van der Waals surface area contributed by atoms with Gasteiger partial charge in [-0.1, -0.05) is 48.5 Å². The summed E-state index contributed by atoms with van der Waals surface area (Å²) >= 11 is 5.25. The number of hydrogen-bond donors (Lipinski definition) is 2. The molecule has 2 aromatic carbocycles. The SMILES string of the molecule is S=C(NCCCCOc1ccccc1)NCc1ccccc1. The van der Waals surface area contributed by atoms with Crippen molar-refractivity contribution in [2.24, 2.45) is 0 Å². The molecule has 22 heavy (non-hydrogen) atoms. The molecule has 4 heteroatoms. The Morgan fingerprint density at radius 2 is 1.55 bits per heavy atom. The minimum absolute atomic E-state index is 0.702. The van der Waals surface area contributed by atoms with E-state index in [2.05, 4.69) is 22.8 Å². The minimum Gasteiger partial charge on any atom is -0.494 e. The Balaban J connectivity index is 1.49.